The monoisotopic (exact) mass is 332 g/mol. The maximum absolute atomic E-state index is 6.10. The van der Waals surface area contributed by atoms with Crippen molar-refractivity contribution in [3.63, 3.8) is 0 Å². The Morgan fingerprint density at radius 1 is 1.56 bits per heavy atom. The van der Waals surface area contributed by atoms with Gasteiger partial charge in [-0.3, -0.25) is 5.84 Å². The van der Waals surface area contributed by atoms with E-state index < -0.39 is 0 Å². The standard InChI is InChI=1S/C12H17IN2O/c1-2-6-15(14)11-5-7-16-12-4-3-9(13)8-10(11)12/h3-4,8,11H,2,5-7,14H2,1H3. The second kappa shape index (κ2) is 5.33. The van der Waals surface area contributed by atoms with Gasteiger partial charge >= 0.3 is 0 Å². The summed E-state index contributed by atoms with van der Waals surface area (Å²) in [5, 5.41) is 1.94. The topological polar surface area (TPSA) is 38.5 Å². The van der Waals surface area contributed by atoms with Gasteiger partial charge in [-0.05, 0) is 47.2 Å². The Kier molecular flexibility index (Phi) is 4.05. The van der Waals surface area contributed by atoms with Crippen LogP contribution in [0.4, 0.5) is 0 Å². The second-order valence-corrected chi connectivity index (χ2v) is 5.32. The average Bonchev–Trinajstić information content (AvgIpc) is 2.28. The molecule has 0 bridgehead atoms. The van der Waals surface area contributed by atoms with Crippen LogP contribution in [0.5, 0.6) is 5.75 Å². The van der Waals surface area contributed by atoms with Crippen LogP contribution in [0.3, 0.4) is 0 Å². The van der Waals surface area contributed by atoms with Crippen molar-refractivity contribution in [3.8, 4) is 5.75 Å². The van der Waals surface area contributed by atoms with Crippen molar-refractivity contribution in [2.24, 2.45) is 5.84 Å². The summed E-state index contributed by atoms with van der Waals surface area (Å²) in [4.78, 5) is 0. The number of benzene rings is 1. The molecule has 0 radical (unpaired) electrons. The van der Waals surface area contributed by atoms with E-state index in [0.29, 0.717) is 6.04 Å². The third kappa shape index (κ3) is 2.49. The van der Waals surface area contributed by atoms with Crippen molar-refractivity contribution in [1.29, 1.82) is 0 Å². The first-order chi connectivity index (χ1) is 7.72. The number of rotatable bonds is 3. The highest BCUT2D eigenvalue weighted by Gasteiger charge is 2.25. The highest BCUT2D eigenvalue weighted by Crippen LogP contribution is 2.35. The zero-order valence-electron chi connectivity index (χ0n) is 9.45. The van der Waals surface area contributed by atoms with Crippen LogP contribution >= 0.6 is 22.6 Å². The van der Waals surface area contributed by atoms with Crippen LogP contribution in [0.2, 0.25) is 0 Å². The van der Waals surface area contributed by atoms with Gasteiger partial charge in [0.15, 0.2) is 0 Å². The summed E-state index contributed by atoms with van der Waals surface area (Å²) >= 11 is 2.33. The highest BCUT2D eigenvalue weighted by molar-refractivity contribution is 14.1. The fourth-order valence-corrected chi connectivity index (χ4v) is 2.62. The van der Waals surface area contributed by atoms with Crippen LogP contribution in [-0.2, 0) is 0 Å². The maximum Gasteiger partial charge on any atom is 0.124 e. The van der Waals surface area contributed by atoms with E-state index in [-0.39, 0.29) is 0 Å². The lowest BCUT2D eigenvalue weighted by Gasteiger charge is -2.32. The van der Waals surface area contributed by atoms with Gasteiger partial charge in [-0.2, -0.15) is 0 Å². The summed E-state index contributed by atoms with van der Waals surface area (Å²) in [5.74, 6) is 7.09. The molecule has 0 spiro atoms. The molecule has 1 atom stereocenters. The van der Waals surface area contributed by atoms with E-state index in [9.17, 15) is 0 Å². The largest absolute Gasteiger partial charge is 0.493 e. The molecule has 1 heterocycles. The molecular formula is C12H17IN2O. The minimum absolute atomic E-state index is 0.304. The molecule has 0 amide bonds. The summed E-state index contributed by atoms with van der Waals surface area (Å²) in [6.45, 7) is 3.83. The quantitative estimate of drug-likeness (QED) is 0.525. The minimum Gasteiger partial charge on any atom is -0.493 e. The van der Waals surface area contributed by atoms with E-state index in [1.807, 2.05) is 11.1 Å². The Bertz CT molecular complexity index is 370. The lowest BCUT2D eigenvalue weighted by atomic mass is 10.00. The summed E-state index contributed by atoms with van der Waals surface area (Å²) in [5.41, 5.74) is 1.23. The van der Waals surface area contributed by atoms with Gasteiger partial charge in [0.05, 0.1) is 12.6 Å². The molecule has 0 aromatic heterocycles. The third-order valence-corrected chi connectivity index (χ3v) is 3.53. The van der Waals surface area contributed by atoms with Crippen molar-refractivity contribution in [3.05, 3.63) is 27.3 Å². The lowest BCUT2D eigenvalue weighted by molar-refractivity contribution is 0.141. The molecule has 1 aliphatic rings. The van der Waals surface area contributed by atoms with Gasteiger partial charge in [-0.15, -0.1) is 0 Å². The van der Waals surface area contributed by atoms with Gasteiger partial charge in [0, 0.05) is 22.1 Å². The Balaban J connectivity index is 2.27. The van der Waals surface area contributed by atoms with Crippen molar-refractivity contribution < 1.29 is 4.74 Å². The zero-order chi connectivity index (χ0) is 11.5. The summed E-state index contributed by atoms with van der Waals surface area (Å²) in [7, 11) is 0. The summed E-state index contributed by atoms with van der Waals surface area (Å²) < 4.78 is 6.88. The molecule has 2 N–H and O–H groups in total. The number of fused-ring (bicyclic) bond motifs is 1. The second-order valence-electron chi connectivity index (χ2n) is 4.07. The fraction of sp³-hybridized carbons (Fsp3) is 0.500. The molecule has 0 aliphatic carbocycles. The van der Waals surface area contributed by atoms with Gasteiger partial charge in [0.2, 0.25) is 0 Å². The Hall–Kier alpha value is -0.330. The van der Waals surface area contributed by atoms with Gasteiger partial charge in [0.25, 0.3) is 0 Å². The minimum atomic E-state index is 0.304. The van der Waals surface area contributed by atoms with Crippen LogP contribution in [0.25, 0.3) is 0 Å². The van der Waals surface area contributed by atoms with Crippen molar-refractivity contribution in [2.75, 3.05) is 13.2 Å². The molecule has 3 nitrogen and oxygen atoms in total. The van der Waals surface area contributed by atoms with E-state index in [2.05, 4.69) is 41.6 Å². The normalized spacial score (nSPS) is 19.4. The highest BCUT2D eigenvalue weighted by atomic mass is 127. The van der Waals surface area contributed by atoms with Crippen LogP contribution in [0, 0.1) is 3.57 Å². The van der Waals surface area contributed by atoms with E-state index >= 15 is 0 Å². The summed E-state index contributed by atoms with van der Waals surface area (Å²) in [6, 6.07) is 6.60. The molecule has 1 unspecified atom stereocenters. The Morgan fingerprint density at radius 3 is 3.12 bits per heavy atom. The number of hydrogen-bond acceptors (Lipinski definition) is 3. The average molecular weight is 332 g/mol. The van der Waals surface area contributed by atoms with Gasteiger partial charge < -0.3 is 4.74 Å². The number of nitrogens with two attached hydrogens (primary N) is 1. The molecule has 88 valence electrons. The molecule has 0 fully saturated rings. The van der Waals surface area contributed by atoms with Gasteiger partial charge in [-0.1, -0.05) is 6.92 Å². The molecule has 0 saturated heterocycles. The fourth-order valence-electron chi connectivity index (χ4n) is 2.11. The predicted molar refractivity (Wildman–Crippen MR) is 73.2 cm³/mol. The number of halogens is 1. The molecule has 2 rings (SSSR count). The van der Waals surface area contributed by atoms with Crippen LogP contribution in [0.15, 0.2) is 18.2 Å². The number of hydrazine groups is 1. The molecule has 1 aliphatic heterocycles. The van der Waals surface area contributed by atoms with Crippen molar-refractivity contribution >= 4 is 22.6 Å². The van der Waals surface area contributed by atoms with Crippen LogP contribution in [-0.4, -0.2) is 18.2 Å². The maximum atomic E-state index is 6.10. The van der Waals surface area contributed by atoms with Crippen LogP contribution in [0.1, 0.15) is 31.4 Å². The van der Waals surface area contributed by atoms with E-state index in [4.69, 9.17) is 10.6 Å². The molecular weight excluding hydrogens is 315 g/mol. The summed E-state index contributed by atoms with van der Waals surface area (Å²) in [6.07, 6.45) is 2.05. The number of ether oxygens (including phenoxy) is 1. The van der Waals surface area contributed by atoms with Crippen molar-refractivity contribution in [1.82, 2.24) is 5.01 Å². The SMILES string of the molecule is CCCN(N)C1CCOc2ccc(I)cc21. The first kappa shape index (κ1) is 12.1. The van der Waals surface area contributed by atoms with E-state index in [1.165, 1.54) is 9.13 Å². The van der Waals surface area contributed by atoms with E-state index in [0.717, 1.165) is 31.7 Å². The zero-order valence-corrected chi connectivity index (χ0v) is 11.6. The Labute approximate surface area is 110 Å². The molecule has 16 heavy (non-hydrogen) atoms. The predicted octanol–water partition coefficient (Wildman–Crippen LogP) is 2.70. The molecule has 0 saturated carbocycles. The number of nitrogens with zero attached hydrogens (tertiary/aromatic N) is 1. The van der Waals surface area contributed by atoms with Gasteiger partial charge in [0.1, 0.15) is 5.75 Å². The van der Waals surface area contributed by atoms with Crippen molar-refractivity contribution in [2.45, 2.75) is 25.8 Å². The number of hydrogen-bond donors (Lipinski definition) is 1. The third-order valence-electron chi connectivity index (χ3n) is 2.86. The smallest absolute Gasteiger partial charge is 0.124 e. The molecule has 1 aromatic rings. The lowest BCUT2D eigenvalue weighted by Crippen LogP contribution is -2.38. The van der Waals surface area contributed by atoms with Crippen LogP contribution < -0.4 is 10.6 Å². The first-order valence-electron chi connectivity index (χ1n) is 5.66. The van der Waals surface area contributed by atoms with E-state index in [1.54, 1.807) is 0 Å². The Morgan fingerprint density at radius 2 is 2.38 bits per heavy atom. The molecule has 4 heteroatoms. The first-order valence-corrected chi connectivity index (χ1v) is 6.74. The molecule has 1 aromatic carbocycles. The van der Waals surface area contributed by atoms with Gasteiger partial charge in [-0.25, -0.2) is 5.01 Å².